The summed E-state index contributed by atoms with van der Waals surface area (Å²) in [6.45, 7) is 14.3. The van der Waals surface area contributed by atoms with Crippen molar-refractivity contribution >= 4 is 106 Å². The maximum atomic E-state index is 12.8. The number of ether oxygens (including phenoxy) is 2. The third-order valence-corrected chi connectivity index (χ3v) is 17.9. The standard InChI is InChI=1S/C26H29ClN4O4S.C13H13Cl2N3O2S.C13H17NO2/c1-15(2)36(33,34)22-9-7-6-8-19(22)29-24-18(27)14-28-25(31-24)30-20-12-16-10-11-23(32)26(3,4)17(16)13-21(20)35-5;1-8(2)21(19,20)11-6-4-3-5-10(11)17-12-9(14)7-16-13(15)18-12;1-13(2)9-7-11(16-3)10(14)6-8(9)4-5-12(13)15/h6-9,12-15H,10-11H2,1-5H3,(H2,28,29,30,31);3-8H,1-2H3,(H,16,17,18);6-7H,4-5,14H2,1-3H3. The number of aromatic nitrogens is 4. The fourth-order valence-corrected chi connectivity index (χ4v) is 11.0. The molecule has 0 radical (unpaired) electrons. The number of fused-ring (bicyclic) bond motifs is 2. The molecule has 0 bridgehead atoms. The number of para-hydroxylation sites is 2. The Morgan fingerprint density at radius 1 is 0.589 bits per heavy atom. The number of nitrogens with zero attached hydrogens (tertiary/aromatic N) is 4. The zero-order valence-corrected chi connectivity index (χ0v) is 46.0. The molecular formula is C52H59Cl3N8O8S2. The van der Waals surface area contributed by atoms with Crippen LogP contribution in [-0.2, 0) is 52.9 Å². The summed E-state index contributed by atoms with van der Waals surface area (Å²) < 4.78 is 61.2. The minimum Gasteiger partial charge on any atom is -0.495 e. The summed E-state index contributed by atoms with van der Waals surface area (Å²) in [7, 11) is -3.81. The minimum atomic E-state index is -3.54. The maximum Gasteiger partial charge on any atom is 0.229 e. The van der Waals surface area contributed by atoms with E-state index in [1.165, 1.54) is 24.0 Å². The number of halogens is 3. The number of nitrogens with two attached hydrogens (primary N) is 1. The molecule has 2 aliphatic carbocycles. The number of sulfone groups is 2. The molecule has 0 unspecified atom stereocenters. The molecule has 16 nitrogen and oxygen atoms in total. The van der Waals surface area contributed by atoms with Crippen molar-refractivity contribution in [2.45, 2.75) is 112 Å². The van der Waals surface area contributed by atoms with Crippen LogP contribution in [0.15, 0.2) is 95.0 Å². The molecule has 5 N–H and O–H groups in total. The number of hydrogen-bond donors (Lipinski definition) is 4. The van der Waals surface area contributed by atoms with Crippen molar-refractivity contribution in [3.8, 4) is 11.5 Å². The van der Waals surface area contributed by atoms with E-state index in [9.17, 15) is 26.4 Å². The second kappa shape index (κ2) is 22.6. The van der Waals surface area contributed by atoms with Gasteiger partial charge in [-0.05, 0) is 151 Å². The zero-order valence-electron chi connectivity index (χ0n) is 42.1. The monoisotopic (exact) mass is 1090 g/mol. The third-order valence-electron chi connectivity index (χ3n) is 12.7. The van der Waals surface area contributed by atoms with Crippen molar-refractivity contribution in [1.82, 2.24) is 19.9 Å². The number of Topliss-reactive ketones (excluding diaryl/α,β-unsaturated/α-hetero) is 2. The Bertz CT molecular complexity index is 3300. The van der Waals surface area contributed by atoms with Crippen LogP contribution in [0.3, 0.4) is 0 Å². The molecule has 2 aromatic heterocycles. The fraction of sp³-hybridized carbons (Fsp3) is 0.346. The summed E-state index contributed by atoms with van der Waals surface area (Å²) in [4.78, 5) is 41.2. The van der Waals surface area contributed by atoms with Crippen LogP contribution in [0.25, 0.3) is 0 Å². The number of carbonyl (C=O) groups excluding carboxylic acids is 2. The lowest BCUT2D eigenvalue weighted by Gasteiger charge is -2.32. The molecule has 2 heterocycles. The molecule has 6 aromatic rings. The number of methoxy groups -OCH3 is 2. The fourth-order valence-electron chi connectivity index (χ4n) is 8.18. The molecule has 8 rings (SSSR count). The van der Waals surface area contributed by atoms with Gasteiger partial charge < -0.3 is 31.2 Å². The van der Waals surface area contributed by atoms with E-state index in [4.69, 9.17) is 50.0 Å². The summed E-state index contributed by atoms with van der Waals surface area (Å²) in [5.74, 6) is 2.45. The van der Waals surface area contributed by atoms with Crippen LogP contribution >= 0.6 is 34.8 Å². The highest BCUT2D eigenvalue weighted by molar-refractivity contribution is 7.92. The molecule has 388 valence electrons. The highest BCUT2D eigenvalue weighted by atomic mass is 35.5. The largest absolute Gasteiger partial charge is 0.495 e. The second-order valence-corrected chi connectivity index (χ2v) is 24.9. The van der Waals surface area contributed by atoms with Crippen LogP contribution in [0.5, 0.6) is 11.5 Å². The number of rotatable bonds is 12. The topological polar surface area (TPSA) is 235 Å². The third kappa shape index (κ3) is 12.3. The van der Waals surface area contributed by atoms with Crippen LogP contribution < -0.4 is 31.2 Å². The first-order valence-corrected chi connectivity index (χ1v) is 27.4. The number of anilines is 7. The van der Waals surface area contributed by atoms with Crippen molar-refractivity contribution in [3.05, 3.63) is 123 Å². The van der Waals surface area contributed by atoms with E-state index in [-0.39, 0.29) is 54.3 Å². The van der Waals surface area contributed by atoms with E-state index in [0.29, 0.717) is 53.5 Å². The molecule has 4 aromatic carbocycles. The highest BCUT2D eigenvalue weighted by Crippen LogP contribution is 2.42. The molecule has 0 saturated carbocycles. The van der Waals surface area contributed by atoms with Gasteiger partial charge in [0.25, 0.3) is 0 Å². The van der Waals surface area contributed by atoms with Gasteiger partial charge in [-0.15, -0.1) is 0 Å². The number of hydrogen-bond acceptors (Lipinski definition) is 16. The van der Waals surface area contributed by atoms with Gasteiger partial charge in [-0.1, -0.05) is 47.5 Å². The van der Waals surface area contributed by atoms with Gasteiger partial charge in [0.15, 0.2) is 31.3 Å². The Kier molecular flexibility index (Phi) is 17.4. The van der Waals surface area contributed by atoms with Gasteiger partial charge in [0.2, 0.25) is 11.2 Å². The lowest BCUT2D eigenvalue weighted by atomic mass is 9.71. The molecule has 0 saturated heterocycles. The first-order chi connectivity index (χ1) is 34.2. The normalized spacial score (nSPS) is 14.7. The molecule has 0 amide bonds. The smallest absolute Gasteiger partial charge is 0.229 e. The van der Waals surface area contributed by atoms with Crippen LogP contribution in [0.2, 0.25) is 15.3 Å². The predicted octanol–water partition coefficient (Wildman–Crippen LogP) is 11.4. The Morgan fingerprint density at radius 3 is 1.51 bits per heavy atom. The number of nitrogen functional groups attached to an aromatic ring is 1. The first-order valence-electron chi connectivity index (χ1n) is 23.2. The van der Waals surface area contributed by atoms with Crippen LogP contribution in [0, 0.1) is 0 Å². The Labute approximate surface area is 442 Å². The number of nitrogens with one attached hydrogen (secondary N) is 3. The average Bonchev–Trinajstić information content (AvgIpc) is 3.34. The van der Waals surface area contributed by atoms with Crippen molar-refractivity contribution in [2.24, 2.45) is 0 Å². The van der Waals surface area contributed by atoms with E-state index in [0.717, 1.165) is 23.1 Å². The molecule has 21 heteroatoms. The Morgan fingerprint density at radius 2 is 1.03 bits per heavy atom. The van der Waals surface area contributed by atoms with Crippen molar-refractivity contribution < 1.29 is 35.9 Å². The molecule has 0 atom stereocenters. The predicted molar refractivity (Wildman–Crippen MR) is 290 cm³/mol. The van der Waals surface area contributed by atoms with Gasteiger partial charge in [0.05, 0.1) is 69.7 Å². The minimum absolute atomic E-state index is 0.0195. The van der Waals surface area contributed by atoms with E-state index in [1.807, 2.05) is 52.0 Å². The Hall–Kier alpha value is -6.05. The molecule has 0 fully saturated rings. The van der Waals surface area contributed by atoms with E-state index < -0.39 is 41.0 Å². The first kappa shape index (κ1) is 56.2. The van der Waals surface area contributed by atoms with Gasteiger partial charge in [-0.3, -0.25) is 9.59 Å². The van der Waals surface area contributed by atoms with Crippen LogP contribution in [0.4, 0.5) is 40.3 Å². The van der Waals surface area contributed by atoms with Gasteiger partial charge in [-0.2, -0.15) is 9.97 Å². The lowest BCUT2D eigenvalue weighted by molar-refractivity contribution is -0.124. The van der Waals surface area contributed by atoms with Gasteiger partial charge in [0, 0.05) is 23.7 Å². The van der Waals surface area contributed by atoms with E-state index >= 15 is 0 Å². The maximum absolute atomic E-state index is 12.8. The lowest BCUT2D eigenvalue weighted by Crippen LogP contribution is -2.34. The number of carbonyl (C=O) groups is 2. The summed E-state index contributed by atoms with van der Waals surface area (Å²) in [6.07, 6.45) is 5.30. The molecular weight excluding hydrogens is 1040 g/mol. The summed E-state index contributed by atoms with van der Waals surface area (Å²) in [5.41, 5.74) is 11.1. The van der Waals surface area contributed by atoms with Gasteiger partial charge in [0.1, 0.15) is 33.1 Å². The molecule has 2 aliphatic rings. The van der Waals surface area contributed by atoms with E-state index in [2.05, 4.69) is 35.9 Å². The quantitative estimate of drug-likeness (QED) is 0.0659. The summed E-state index contributed by atoms with van der Waals surface area (Å²) >= 11 is 18.1. The SMILES string of the molecule is CC(C)S(=O)(=O)c1ccccc1Nc1nc(Cl)ncc1Cl.COc1cc2c(cc1N)CCC(=O)C2(C)C.COc1cc2c(cc1Nc1ncc(Cl)c(Nc3ccccc3S(=O)(=O)C(C)C)n1)CCC(=O)C2(C)C. The van der Waals surface area contributed by atoms with E-state index in [1.54, 1.807) is 84.4 Å². The van der Waals surface area contributed by atoms with Crippen molar-refractivity contribution in [2.75, 3.05) is 35.9 Å². The Balaban J connectivity index is 0.000000198. The van der Waals surface area contributed by atoms with Crippen molar-refractivity contribution in [1.29, 1.82) is 0 Å². The number of aryl methyl sites for hydroxylation is 2. The van der Waals surface area contributed by atoms with Crippen LogP contribution in [-0.4, -0.2) is 73.1 Å². The van der Waals surface area contributed by atoms with Crippen LogP contribution in [0.1, 0.15) is 90.5 Å². The zero-order chi connectivity index (χ0) is 53.8. The molecule has 0 spiro atoms. The van der Waals surface area contributed by atoms with Gasteiger partial charge >= 0.3 is 0 Å². The summed E-state index contributed by atoms with van der Waals surface area (Å²) in [6, 6.07) is 20.9. The average molecular weight is 1090 g/mol. The number of benzene rings is 4. The van der Waals surface area contributed by atoms with Crippen molar-refractivity contribution in [3.63, 3.8) is 0 Å². The molecule has 73 heavy (non-hydrogen) atoms. The molecule has 0 aliphatic heterocycles. The second-order valence-electron chi connectivity index (χ2n) is 18.8. The summed E-state index contributed by atoms with van der Waals surface area (Å²) in [5, 5.41) is 8.50. The highest BCUT2D eigenvalue weighted by Gasteiger charge is 2.37. The number of ketones is 2. The van der Waals surface area contributed by atoms with Gasteiger partial charge in [-0.25, -0.2) is 26.8 Å².